The minimum atomic E-state index is -0.939. The summed E-state index contributed by atoms with van der Waals surface area (Å²) in [5.41, 5.74) is 2.66. The van der Waals surface area contributed by atoms with Gasteiger partial charge < -0.3 is 10.4 Å². The molecule has 0 radical (unpaired) electrons. The van der Waals surface area contributed by atoms with Crippen LogP contribution in [0.2, 0.25) is 0 Å². The van der Waals surface area contributed by atoms with Crippen molar-refractivity contribution in [3.63, 3.8) is 0 Å². The second-order valence-corrected chi connectivity index (χ2v) is 5.71. The third-order valence-corrected chi connectivity index (χ3v) is 4.13. The number of rotatable bonds is 6. The van der Waals surface area contributed by atoms with Gasteiger partial charge in [-0.05, 0) is 18.6 Å². The largest absolute Gasteiger partial charge is 0.477 e. The van der Waals surface area contributed by atoms with Crippen molar-refractivity contribution in [1.82, 2.24) is 10.3 Å². The van der Waals surface area contributed by atoms with Gasteiger partial charge in [0.15, 0.2) is 0 Å². The molecule has 19 heavy (non-hydrogen) atoms. The highest BCUT2D eigenvalue weighted by molar-refractivity contribution is 7.13. The van der Waals surface area contributed by atoms with E-state index in [-0.39, 0.29) is 10.8 Å². The molecule has 0 aliphatic heterocycles. The monoisotopic (exact) mass is 296 g/mol. The first-order valence-corrected chi connectivity index (χ1v) is 7.37. The van der Waals surface area contributed by atoms with Crippen molar-refractivity contribution in [2.75, 3.05) is 0 Å². The zero-order valence-electron chi connectivity index (χ0n) is 9.96. The molecular weight excluding hydrogens is 284 g/mol. The van der Waals surface area contributed by atoms with Gasteiger partial charge in [-0.15, -0.1) is 22.7 Å². The van der Waals surface area contributed by atoms with Gasteiger partial charge in [0.25, 0.3) is 0 Å². The van der Waals surface area contributed by atoms with E-state index in [4.69, 9.17) is 5.11 Å². The van der Waals surface area contributed by atoms with Crippen molar-refractivity contribution >= 4 is 34.6 Å². The topological polar surface area (TPSA) is 79.3 Å². The van der Waals surface area contributed by atoms with Gasteiger partial charge in [-0.25, -0.2) is 9.78 Å². The van der Waals surface area contributed by atoms with Gasteiger partial charge in [0, 0.05) is 16.7 Å². The normalized spacial score (nSPS) is 10.3. The van der Waals surface area contributed by atoms with E-state index in [1.165, 1.54) is 22.7 Å². The Balaban J connectivity index is 1.75. The Morgan fingerprint density at radius 1 is 1.37 bits per heavy atom. The molecule has 0 bridgehead atoms. The van der Waals surface area contributed by atoms with Crippen molar-refractivity contribution in [2.45, 2.75) is 19.4 Å². The Kier molecular flexibility index (Phi) is 4.64. The van der Waals surface area contributed by atoms with Crippen LogP contribution in [0.1, 0.15) is 26.7 Å². The van der Waals surface area contributed by atoms with E-state index < -0.39 is 5.97 Å². The van der Waals surface area contributed by atoms with E-state index in [2.05, 4.69) is 10.3 Å². The number of amides is 1. The molecule has 0 atom stereocenters. The summed E-state index contributed by atoms with van der Waals surface area (Å²) >= 11 is 2.68. The Labute approximate surface area is 117 Å². The molecule has 0 spiro atoms. The minimum absolute atomic E-state index is 0.0572. The molecule has 2 N–H and O–H groups in total. The quantitative estimate of drug-likeness (QED) is 0.856. The summed E-state index contributed by atoms with van der Waals surface area (Å²) in [6.45, 7) is 0.369. The molecule has 0 saturated heterocycles. The number of aryl methyl sites for hydroxylation is 1. The van der Waals surface area contributed by atoms with Gasteiger partial charge in [0.1, 0.15) is 4.88 Å². The van der Waals surface area contributed by atoms with Crippen LogP contribution in [0.4, 0.5) is 0 Å². The Hall–Kier alpha value is -1.73. The second kappa shape index (κ2) is 6.44. The standard InChI is InChI=1S/C12H12N2O3S2/c15-11(4-1-8-6-18-7-14-8)13-5-9-2-3-10(19-9)12(16)17/h2-3,6-7H,1,4-5H2,(H,13,15)(H,16,17). The zero-order chi connectivity index (χ0) is 13.7. The highest BCUT2D eigenvalue weighted by Gasteiger charge is 2.08. The number of thiophene rings is 1. The second-order valence-electron chi connectivity index (χ2n) is 3.83. The lowest BCUT2D eigenvalue weighted by atomic mass is 10.2. The number of thiazole rings is 1. The van der Waals surface area contributed by atoms with E-state index in [0.717, 1.165) is 10.6 Å². The van der Waals surface area contributed by atoms with Crippen molar-refractivity contribution in [2.24, 2.45) is 0 Å². The predicted octanol–water partition coefficient (Wildman–Crippen LogP) is 2.15. The van der Waals surface area contributed by atoms with E-state index >= 15 is 0 Å². The number of carboxylic acid groups (broad SMARTS) is 1. The number of carbonyl (C=O) groups is 2. The summed E-state index contributed by atoms with van der Waals surface area (Å²) in [5, 5.41) is 13.5. The van der Waals surface area contributed by atoms with Gasteiger partial charge in [0.05, 0.1) is 17.7 Å². The van der Waals surface area contributed by atoms with Crippen LogP contribution < -0.4 is 5.32 Å². The first-order valence-electron chi connectivity index (χ1n) is 5.61. The summed E-state index contributed by atoms with van der Waals surface area (Å²) in [6.07, 6.45) is 1.01. The maximum atomic E-state index is 11.6. The molecule has 0 aliphatic rings. The molecule has 2 aromatic heterocycles. The number of nitrogens with one attached hydrogen (secondary N) is 1. The molecule has 0 aromatic carbocycles. The Morgan fingerprint density at radius 3 is 2.84 bits per heavy atom. The molecule has 5 nitrogen and oxygen atoms in total. The lowest BCUT2D eigenvalue weighted by molar-refractivity contribution is -0.121. The number of carbonyl (C=O) groups excluding carboxylic acids is 1. The average molecular weight is 296 g/mol. The van der Waals surface area contributed by atoms with E-state index in [1.54, 1.807) is 17.6 Å². The van der Waals surface area contributed by atoms with Crippen LogP contribution >= 0.6 is 22.7 Å². The highest BCUT2D eigenvalue weighted by Crippen LogP contribution is 2.16. The summed E-state index contributed by atoms with van der Waals surface area (Å²) in [6, 6.07) is 3.26. The van der Waals surface area contributed by atoms with Crippen LogP contribution in [-0.4, -0.2) is 22.0 Å². The fraction of sp³-hybridized carbons (Fsp3) is 0.250. The smallest absolute Gasteiger partial charge is 0.345 e. The van der Waals surface area contributed by atoms with Gasteiger partial charge in [0.2, 0.25) is 5.91 Å². The number of hydrogen-bond acceptors (Lipinski definition) is 5. The van der Waals surface area contributed by atoms with Crippen molar-refractivity contribution in [3.8, 4) is 0 Å². The highest BCUT2D eigenvalue weighted by atomic mass is 32.1. The number of carboxylic acids is 1. The molecule has 2 rings (SSSR count). The third-order valence-electron chi connectivity index (χ3n) is 2.42. The molecule has 2 aromatic rings. The van der Waals surface area contributed by atoms with Crippen LogP contribution in [0.25, 0.3) is 0 Å². The van der Waals surface area contributed by atoms with Crippen molar-refractivity contribution in [3.05, 3.63) is 38.5 Å². The Bertz CT molecular complexity index is 563. The number of aromatic nitrogens is 1. The molecule has 0 aliphatic carbocycles. The molecular formula is C12H12N2O3S2. The van der Waals surface area contributed by atoms with E-state index in [0.29, 0.717) is 19.4 Å². The molecule has 1 amide bonds. The maximum absolute atomic E-state index is 11.6. The van der Waals surface area contributed by atoms with Crippen LogP contribution in [0, 0.1) is 0 Å². The maximum Gasteiger partial charge on any atom is 0.345 e. The number of aromatic carboxylic acids is 1. The van der Waals surface area contributed by atoms with Gasteiger partial charge >= 0.3 is 5.97 Å². The third kappa shape index (κ3) is 4.15. The van der Waals surface area contributed by atoms with E-state index in [1.807, 2.05) is 5.38 Å². The van der Waals surface area contributed by atoms with Crippen LogP contribution in [-0.2, 0) is 17.8 Å². The molecule has 2 heterocycles. The number of hydrogen-bond donors (Lipinski definition) is 2. The fourth-order valence-electron chi connectivity index (χ4n) is 1.46. The minimum Gasteiger partial charge on any atom is -0.477 e. The van der Waals surface area contributed by atoms with Gasteiger partial charge in [-0.1, -0.05) is 0 Å². The van der Waals surface area contributed by atoms with Crippen molar-refractivity contribution in [1.29, 1.82) is 0 Å². The van der Waals surface area contributed by atoms with Gasteiger partial charge in [-0.3, -0.25) is 4.79 Å². The first-order chi connectivity index (χ1) is 9.15. The van der Waals surface area contributed by atoms with Gasteiger partial charge in [-0.2, -0.15) is 0 Å². The number of nitrogens with zero attached hydrogens (tertiary/aromatic N) is 1. The first kappa shape index (κ1) is 13.7. The lowest BCUT2D eigenvalue weighted by Gasteiger charge is -2.02. The molecule has 0 fully saturated rings. The summed E-state index contributed by atoms with van der Waals surface area (Å²) in [4.78, 5) is 27.5. The molecule has 0 saturated carbocycles. The Morgan fingerprint density at radius 2 is 2.21 bits per heavy atom. The summed E-state index contributed by atoms with van der Waals surface area (Å²) < 4.78 is 0. The lowest BCUT2D eigenvalue weighted by Crippen LogP contribution is -2.22. The zero-order valence-corrected chi connectivity index (χ0v) is 11.6. The fourth-order valence-corrected chi connectivity index (χ4v) is 2.84. The van der Waals surface area contributed by atoms with E-state index in [9.17, 15) is 9.59 Å². The molecule has 7 heteroatoms. The van der Waals surface area contributed by atoms with Crippen LogP contribution in [0.3, 0.4) is 0 Å². The van der Waals surface area contributed by atoms with Crippen LogP contribution in [0.5, 0.6) is 0 Å². The summed E-state index contributed by atoms with van der Waals surface area (Å²) in [5.74, 6) is -0.996. The van der Waals surface area contributed by atoms with Crippen molar-refractivity contribution < 1.29 is 14.7 Å². The SMILES string of the molecule is O=C(CCc1cscn1)NCc1ccc(C(=O)O)s1. The molecule has 0 unspecified atom stereocenters. The average Bonchev–Trinajstić information content (AvgIpc) is 3.05. The molecule has 100 valence electrons. The summed E-state index contributed by atoms with van der Waals surface area (Å²) in [7, 11) is 0. The van der Waals surface area contributed by atoms with Crippen LogP contribution in [0.15, 0.2) is 23.0 Å². The predicted molar refractivity (Wildman–Crippen MR) is 73.6 cm³/mol.